The number of aromatic nitrogens is 2. The van der Waals surface area contributed by atoms with Gasteiger partial charge < -0.3 is 10.1 Å². The van der Waals surface area contributed by atoms with E-state index >= 15 is 0 Å². The van der Waals surface area contributed by atoms with Gasteiger partial charge in [0.25, 0.3) is 0 Å². The van der Waals surface area contributed by atoms with Crippen LogP contribution in [0.5, 0.6) is 5.75 Å². The number of nitrogens with zero attached hydrogens (tertiary/aromatic N) is 2. The van der Waals surface area contributed by atoms with Crippen molar-refractivity contribution in [1.82, 2.24) is 9.97 Å². The van der Waals surface area contributed by atoms with Gasteiger partial charge >= 0.3 is 0 Å². The first-order valence-corrected chi connectivity index (χ1v) is 6.92. The number of aryl methyl sites for hydroxylation is 1. The molecule has 0 atom stereocenters. The Bertz CT molecular complexity index is 592. The van der Waals surface area contributed by atoms with Crippen LogP contribution >= 0.6 is 27.5 Å². The van der Waals surface area contributed by atoms with Crippen molar-refractivity contribution in [3.8, 4) is 5.75 Å². The molecule has 4 nitrogen and oxygen atoms in total. The number of rotatable bonds is 4. The Labute approximate surface area is 125 Å². The third-order valence-electron chi connectivity index (χ3n) is 2.67. The largest absolute Gasteiger partial charge is 0.490 e. The van der Waals surface area contributed by atoms with Crippen molar-refractivity contribution in [1.29, 1.82) is 0 Å². The maximum Gasteiger partial charge on any atom is 0.199 e. The number of hydrogen-bond donors (Lipinski definition) is 1. The predicted octanol–water partition coefficient (Wildman–Crippen LogP) is 4.21. The molecule has 1 aromatic carbocycles. The number of hydrogen-bond acceptors (Lipinski definition) is 4. The number of anilines is 2. The van der Waals surface area contributed by atoms with Gasteiger partial charge in [0.2, 0.25) is 0 Å². The van der Waals surface area contributed by atoms with E-state index in [4.69, 9.17) is 16.3 Å². The molecule has 1 aromatic heterocycles. The van der Waals surface area contributed by atoms with Crippen LogP contribution in [0.2, 0.25) is 5.15 Å². The molecule has 6 heteroatoms. The van der Waals surface area contributed by atoms with Crippen LogP contribution < -0.4 is 10.1 Å². The molecule has 0 saturated carbocycles. The van der Waals surface area contributed by atoms with Crippen LogP contribution in [0.1, 0.15) is 12.5 Å². The lowest BCUT2D eigenvalue weighted by Crippen LogP contribution is -2.01. The van der Waals surface area contributed by atoms with Crippen molar-refractivity contribution in [2.45, 2.75) is 13.3 Å². The molecule has 0 radical (unpaired) electrons. The van der Waals surface area contributed by atoms with Crippen molar-refractivity contribution in [3.05, 3.63) is 39.7 Å². The highest BCUT2D eigenvalue weighted by Crippen LogP contribution is 2.32. The molecule has 0 aliphatic carbocycles. The van der Waals surface area contributed by atoms with Crippen molar-refractivity contribution < 1.29 is 4.74 Å². The molecule has 0 aliphatic rings. The Morgan fingerprint density at radius 2 is 2.16 bits per heavy atom. The summed E-state index contributed by atoms with van der Waals surface area (Å²) in [5.41, 5.74) is 2.14. The predicted molar refractivity (Wildman–Crippen MR) is 80.4 cm³/mol. The molecule has 0 unspecified atom stereocenters. The fourth-order valence-electron chi connectivity index (χ4n) is 1.73. The first-order chi connectivity index (χ1) is 9.15. The fraction of sp³-hybridized carbons (Fsp3) is 0.231. The fourth-order valence-corrected chi connectivity index (χ4v) is 2.35. The van der Waals surface area contributed by atoms with Gasteiger partial charge in [-0.1, -0.05) is 34.5 Å². The second kappa shape index (κ2) is 6.21. The van der Waals surface area contributed by atoms with Gasteiger partial charge in [-0.3, -0.25) is 0 Å². The Morgan fingerprint density at radius 3 is 2.84 bits per heavy atom. The highest BCUT2D eigenvalue weighted by molar-refractivity contribution is 9.10. The lowest BCUT2D eigenvalue weighted by molar-refractivity contribution is 0.413. The third-order valence-corrected chi connectivity index (χ3v) is 3.43. The number of nitrogens with one attached hydrogen (secondary N) is 1. The molecular weight excluding hydrogens is 330 g/mol. The molecule has 1 heterocycles. The van der Waals surface area contributed by atoms with Crippen LogP contribution in [-0.2, 0) is 6.42 Å². The van der Waals surface area contributed by atoms with Crippen LogP contribution in [0.4, 0.5) is 11.5 Å². The Morgan fingerprint density at radius 1 is 1.37 bits per heavy atom. The van der Waals surface area contributed by atoms with Crippen LogP contribution in [-0.4, -0.2) is 17.1 Å². The average molecular weight is 343 g/mol. The van der Waals surface area contributed by atoms with Gasteiger partial charge in [-0.2, -0.15) is 0 Å². The molecule has 0 fully saturated rings. The van der Waals surface area contributed by atoms with E-state index in [0.29, 0.717) is 11.6 Å². The van der Waals surface area contributed by atoms with E-state index in [1.807, 2.05) is 12.1 Å². The van der Waals surface area contributed by atoms with E-state index in [1.54, 1.807) is 0 Å². The molecule has 0 aliphatic heterocycles. The van der Waals surface area contributed by atoms with Gasteiger partial charge in [0.15, 0.2) is 16.7 Å². The Balaban J connectivity index is 2.39. The van der Waals surface area contributed by atoms with Crippen LogP contribution in [0.25, 0.3) is 0 Å². The van der Waals surface area contributed by atoms with E-state index in [9.17, 15) is 0 Å². The van der Waals surface area contributed by atoms with Gasteiger partial charge in [-0.15, -0.1) is 0 Å². The minimum absolute atomic E-state index is 0.287. The summed E-state index contributed by atoms with van der Waals surface area (Å²) in [5.74, 6) is 0.994. The van der Waals surface area contributed by atoms with Gasteiger partial charge in [-0.05, 0) is 30.2 Å². The van der Waals surface area contributed by atoms with E-state index in [0.717, 1.165) is 16.6 Å². The summed E-state index contributed by atoms with van der Waals surface area (Å²) in [7, 11) is 1.54. The molecule has 0 amide bonds. The lowest BCUT2D eigenvalue weighted by atomic mass is 10.1. The average Bonchev–Trinajstić information content (AvgIpc) is 2.41. The Hall–Kier alpha value is -1.33. The molecule has 0 saturated heterocycles. The summed E-state index contributed by atoms with van der Waals surface area (Å²) >= 11 is 9.43. The van der Waals surface area contributed by atoms with Crippen molar-refractivity contribution in [2.75, 3.05) is 12.4 Å². The summed E-state index contributed by atoms with van der Waals surface area (Å²) in [6.07, 6.45) is 2.31. The minimum atomic E-state index is 0.287. The molecule has 0 spiro atoms. The normalized spacial score (nSPS) is 10.3. The van der Waals surface area contributed by atoms with Crippen molar-refractivity contribution in [2.24, 2.45) is 0 Å². The molecule has 100 valence electrons. The highest BCUT2D eigenvalue weighted by Gasteiger charge is 2.11. The zero-order chi connectivity index (χ0) is 13.8. The zero-order valence-electron chi connectivity index (χ0n) is 10.6. The lowest BCUT2D eigenvalue weighted by Gasteiger charge is -2.13. The van der Waals surface area contributed by atoms with Crippen LogP contribution in [0, 0.1) is 0 Å². The zero-order valence-corrected chi connectivity index (χ0v) is 12.9. The number of methoxy groups -OCH3 is 1. The summed E-state index contributed by atoms with van der Waals surface area (Å²) in [4.78, 5) is 8.05. The van der Waals surface area contributed by atoms with E-state index in [-0.39, 0.29) is 5.15 Å². The maximum absolute atomic E-state index is 5.97. The second-order valence-electron chi connectivity index (χ2n) is 3.83. The van der Waals surface area contributed by atoms with Gasteiger partial charge in [-0.25, -0.2) is 9.97 Å². The first-order valence-electron chi connectivity index (χ1n) is 5.75. The molecule has 2 rings (SSSR count). The molecule has 2 aromatic rings. The van der Waals surface area contributed by atoms with Crippen LogP contribution in [0.3, 0.4) is 0 Å². The molecule has 19 heavy (non-hydrogen) atoms. The molecule has 1 N–H and O–H groups in total. The number of benzene rings is 1. The highest BCUT2D eigenvalue weighted by atomic mass is 79.9. The van der Waals surface area contributed by atoms with Crippen LogP contribution in [0.15, 0.2) is 29.0 Å². The number of halogens is 2. The van der Waals surface area contributed by atoms with Gasteiger partial charge in [0, 0.05) is 10.2 Å². The monoisotopic (exact) mass is 341 g/mol. The second-order valence-corrected chi connectivity index (χ2v) is 5.10. The molecular formula is C13H13BrClN3O. The quantitative estimate of drug-likeness (QED) is 0.846. The summed E-state index contributed by atoms with van der Waals surface area (Å²) < 4.78 is 6.26. The maximum atomic E-state index is 5.97. The summed E-state index contributed by atoms with van der Waals surface area (Å²) in [5, 5.41) is 3.52. The van der Waals surface area contributed by atoms with Crippen molar-refractivity contribution >= 4 is 39.0 Å². The Kier molecular flexibility index (Phi) is 4.61. The molecule has 0 bridgehead atoms. The SMILES string of the molecule is CCc1cc(Br)ccc1Nc1ncnc(Cl)c1OC. The van der Waals surface area contributed by atoms with E-state index in [1.165, 1.54) is 19.0 Å². The van der Waals surface area contributed by atoms with Gasteiger partial charge in [0.05, 0.1) is 7.11 Å². The number of ether oxygens (including phenoxy) is 1. The smallest absolute Gasteiger partial charge is 0.199 e. The standard InChI is InChI=1S/C13H13BrClN3O/c1-3-8-6-9(14)4-5-10(8)18-13-11(19-2)12(15)16-7-17-13/h4-7H,3H2,1-2H3,(H,16,17,18). The van der Waals surface area contributed by atoms with Crippen molar-refractivity contribution in [3.63, 3.8) is 0 Å². The summed E-state index contributed by atoms with van der Waals surface area (Å²) in [6, 6.07) is 6.02. The first kappa shape index (κ1) is 14.1. The topological polar surface area (TPSA) is 47.0 Å². The summed E-state index contributed by atoms with van der Waals surface area (Å²) in [6.45, 7) is 2.09. The van der Waals surface area contributed by atoms with E-state index in [2.05, 4.69) is 44.2 Å². The third kappa shape index (κ3) is 3.16. The minimum Gasteiger partial charge on any atom is -0.490 e. The van der Waals surface area contributed by atoms with E-state index < -0.39 is 0 Å². The van der Waals surface area contributed by atoms with Gasteiger partial charge in [0.1, 0.15) is 6.33 Å².